The first-order chi connectivity index (χ1) is 15.5. The molecule has 1 atom stereocenters. The molecule has 0 saturated carbocycles. The molecular weight excluding hydrogens is 426 g/mol. The van der Waals surface area contributed by atoms with Crippen LogP contribution in [0.4, 0.5) is 0 Å². The predicted octanol–water partition coefficient (Wildman–Crippen LogP) is 5.79. The number of amides is 1. The maximum absolute atomic E-state index is 13.3. The largest absolute Gasteiger partial charge is 0.497 e. The molecule has 0 bridgehead atoms. The maximum atomic E-state index is 13.3. The third kappa shape index (κ3) is 3.63. The van der Waals surface area contributed by atoms with E-state index < -0.39 is 6.04 Å². The van der Waals surface area contributed by atoms with Gasteiger partial charge in [0.2, 0.25) is 0 Å². The summed E-state index contributed by atoms with van der Waals surface area (Å²) in [6, 6.07) is 18.5. The number of methoxy groups -OCH3 is 1. The molecule has 0 saturated heterocycles. The minimum atomic E-state index is -0.418. The molecule has 2 aromatic heterocycles. The predicted molar refractivity (Wildman–Crippen MR) is 123 cm³/mol. The number of nitrogens with zero attached hydrogens (tertiary/aromatic N) is 3. The van der Waals surface area contributed by atoms with E-state index in [1.54, 1.807) is 19.2 Å². The molecule has 0 radical (unpaired) electrons. The van der Waals surface area contributed by atoms with Crippen molar-refractivity contribution < 1.29 is 13.9 Å². The van der Waals surface area contributed by atoms with E-state index in [1.165, 1.54) is 11.3 Å². The van der Waals surface area contributed by atoms with Gasteiger partial charge in [0, 0.05) is 17.4 Å². The van der Waals surface area contributed by atoms with E-state index in [9.17, 15) is 4.79 Å². The normalized spacial score (nSPS) is 15.8. The molecule has 2 aromatic carbocycles. The van der Waals surface area contributed by atoms with Gasteiger partial charge in [0.15, 0.2) is 5.76 Å². The third-order valence-electron chi connectivity index (χ3n) is 5.56. The highest BCUT2D eigenvalue weighted by molar-refractivity contribution is 6.30. The van der Waals surface area contributed by atoms with Crippen molar-refractivity contribution in [1.29, 1.82) is 0 Å². The molecule has 32 heavy (non-hydrogen) atoms. The molecule has 0 fully saturated rings. The van der Waals surface area contributed by atoms with E-state index in [1.807, 2.05) is 49.4 Å². The number of carbonyl (C=O) groups is 1. The van der Waals surface area contributed by atoms with Crippen molar-refractivity contribution in [2.24, 2.45) is 5.10 Å². The number of pyridine rings is 1. The third-order valence-corrected chi connectivity index (χ3v) is 5.87. The number of ether oxygens (including phenoxy) is 1. The average Bonchev–Trinajstić information content (AvgIpc) is 3.48. The van der Waals surface area contributed by atoms with Gasteiger partial charge in [-0.3, -0.25) is 4.79 Å². The molecule has 0 aliphatic carbocycles. The Hall–Kier alpha value is -3.64. The first kappa shape index (κ1) is 20.3. The number of carbonyl (C=O) groups excluding carboxylic acids is 1. The van der Waals surface area contributed by atoms with Crippen LogP contribution in [-0.2, 0) is 0 Å². The van der Waals surface area contributed by atoms with E-state index in [4.69, 9.17) is 25.9 Å². The smallest absolute Gasteiger partial charge is 0.310 e. The van der Waals surface area contributed by atoms with E-state index in [-0.39, 0.29) is 11.7 Å². The van der Waals surface area contributed by atoms with Crippen LogP contribution in [0.2, 0.25) is 5.15 Å². The quantitative estimate of drug-likeness (QED) is 0.373. The number of rotatable bonds is 4. The molecule has 0 spiro atoms. The minimum absolute atomic E-state index is 0.218. The van der Waals surface area contributed by atoms with Gasteiger partial charge < -0.3 is 9.15 Å². The monoisotopic (exact) mass is 445 g/mol. The van der Waals surface area contributed by atoms with E-state index in [0.717, 1.165) is 39.1 Å². The fraction of sp³-hybridized carbons (Fsp3) is 0.160. The molecule has 1 aliphatic rings. The zero-order valence-corrected chi connectivity index (χ0v) is 18.3. The van der Waals surface area contributed by atoms with Crippen LogP contribution in [-0.4, -0.2) is 28.7 Å². The fourth-order valence-corrected chi connectivity index (χ4v) is 4.23. The summed E-state index contributed by atoms with van der Waals surface area (Å²) in [6.45, 7) is 2.03. The summed E-state index contributed by atoms with van der Waals surface area (Å²) >= 11 is 6.62. The van der Waals surface area contributed by atoms with Gasteiger partial charge in [-0.25, -0.2) is 9.99 Å². The van der Waals surface area contributed by atoms with Crippen molar-refractivity contribution in [3.05, 3.63) is 94.5 Å². The lowest BCUT2D eigenvalue weighted by atomic mass is 9.97. The second-order valence-electron chi connectivity index (χ2n) is 7.69. The highest BCUT2D eigenvalue weighted by atomic mass is 35.5. The number of halogens is 1. The summed E-state index contributed by atoms with van der Waals surface area (Å²) in [5.74, 6) is 0.611. The van der Waals surface area contributed by atoms with Crippen molar-refractivity contribution in [2.75, 3.05) is 7.11 Å². The van der Waals surface area contributed by atoms with Crippen molar-refractivity contribution in [1.82, 2.24) is 9.99 Å². The van der Waals surface area contributed by atoms with Crippen LogP contribution in [0.1, 0.15) is 39.7 Å². The van der Waals surface area contributed by atoms with Gasteiger partial charge in [0.05, 0.1) is 30.6 Å². The van der Waals surface area contributed by atoms with E-state index >= 15 is 0 Å². The molecular formula is C25H20ClN3O3. The summed E-state index contributed by atoms with van der Waals surface area (Å²) in [7, 11) is 1.62. The lowest BCUT2D eigenvalue weighted by Gasteiger charge is -2.22. The number of hydrazone groups is 1. The molecule has 3 heterocycles. The average molecular weight is 446 g/mol. The van der Waals surface area contributed by atoms with Gasteiger partial charge in [0.1, 0.15) is 10.9 Å². The summed E-state index contributed by atoms with van der Waals surface area (Å²) < 4.78 is 10.7. The maximum Gasteiger partial charge on any atom is 0.310 e. The summed E-state index contributed by atoms with van der Waals surface area (Å²) in [6.07, 6.45) is 1.98. The number of aryl methyl sites for hydroxylation is 1. The Kier molecular flexibility index (Phi) is 5.15. The van der Waals surface area contributed by atoms with Crippen LogP contribution in [0.25, 0.3) is 10.9 Å². The van der Waals surface area contributed by atoms with Crippen molar-refractivity contribution in [3.63, 3.8) is 0 Å². The Labute approximate surface area is 190 Å². The molecule has 0 unspecified atom stereocenters. The Morgan fingerprint density at radius 1 is 1.16 bits per heavy atom. The van der Waals surface area contributed by atoms with Gasteiger partial charge in [-0.2, -0.15) is 5.10 Å². The van der Waals surface area contributed by atoms with Crippen LogP contribution in [0.3, 0.4) is 0 Å². The molecule has 1 aliphatic heterocycles. The first-order valence-electron chi connectivity index (χ1n) is 10.2. The van der Waals surface area contributed by atoms with Gasteiger partial charge in [-0.05, 0) is 48.9 Å². The molecule has 7 heteroatoms. The lowest BCUT2D eigenvalue weighted by Crippen LogP contribution is -2.27. The SMILES string of the molecule is COc1ccc2nc(Cl)c([C@H]3CC(c4cccc(C)c4)=NN3C(=O)c3ccco3)cc2c1. The lowest BCUT2D eigenvalue weighted by molar-refractivity contribution is 0.0678. The summed E-state index contributed by atoms with van der Waals surface area (Å²) in [5, 5.41) is 7.36. The van der Waals surface area contributed by atoms with E-state index in [2.05, 4.69) is 11.1 Å². The van der Waals surface area contributed by atoms with Gasteiger partial charge in [-0.1, -0.05) is 41.4 Å². The van der Waals surface area contributed by atoms with Crippen LogP contribution >= 0.6 is 11.6 Å². The fourth-order valence-electron chi connectivity index (χ4n) is 3.96. The highest BCUT2D eigenvalue weighted by Gasteiger charge is 2.36. The zero-order chi connectivity index (χ0) is 22.2. The van der Waals surface area contributed by atoms with Crippen molar-refractivity contribution in [3.8, 4) is 5.75 Å². The number of fused-ring (bicyclic) bond motifs is 1. The molecule has 0 N–H and O–H groups in total. The number of benzene rings is 2. The molecule has 6 nitrogen and oxygen atoms in total. The van der Waals surface area contributed by atoms with Gasteiger partial charge in [-0.15, -0.1) is 0 Å². The Bertz CT molecular complexity index is 1350. The number of hydrogen-bond donors (Lipinski definition) is 0. The Morgan fingerprint density at radius 3 is 2.78 bits per heavy atom. The van der Waals surface area contributed by atoms with Crippen molar-refractivity contribution >= 4 is 34.1 Å². The first-order valence-corrected chi connectivity index (χ1v) is 10.6. The number of furan rings is 1. The highest BCUT2D eigenvalue weighted by Crippen LogP contribution is 2.38. The number of aromatic nitrogens is 1. The minimum Gasteiger partial charge on any atom is -0.497 e. The van der Waals surface area contributed by atoms with E-state index in [0.29, 0.717) is 11.6 Å². The Morgan fingerprint density at radius 2 is 2.03 bits per heavy atom. The standard InChI is InChI=1S/C25H20ClN3O3/c1-15-5-3-6-16(11-15)21-14-22(29(28-21)25(30)23-7-4-10-32-23)19-13-17-12-18(31-2)8-9-20(17)27-24(19)26/h3-13,22H,14H2,1-2H3/t22-/m1/s1. The van der Waals surface area contributed by atoms with Crippen LogP contribution < -0.4 is 4.74 Å². The Balaban J connectivity index is 1.61. The van der Waals surface area contributed by atoms with Crippen molar-refractivity contribution in [2.45, 2.75) is 19.4 Å². The summed E-state index contributed by atoms with van der Waals surface area (Å²) in [5.41, 5.74) is 4.37. The second-order valence-corrected chi connectivity index (χ2v) is 8.05. The molecule has 4 aromatic rings. The second kappa shape index (κ2) is 8.13. The molecule has 1 amide bonds. The summed E-state index contributed by atoms with van der Waals surface area (Å²) in [4.78, 5) is 17.8. The van der Waals surface area contributed by atoms with Crippen LogP contribution in [0.5, 0.6) is 5.75 Å². The molecule has 160 valence electrons. The topological polar surface area (TPSA) is 67.9 Å². The zero-order valence-electron chi connectivity index (χ0n) is 17.6. The number of hydrogen-bond acceptors (Lipinski definition) is 5. The molecule has 5 rings (SSSR count). The van der Waals surface area contributed by atoms with Crippen LogP contribution in [0, 0.1) is 6.92 Å². The van der Waals surface area contributed by atoms with Gasteiger partial charge in [0.25, 0.3) is 0 Å². The van der Waals surface area contributed by atoms with Gasteiger partial charge >= 0.3 is 5.91 Å². The van der Waals surface area contributed by atoms with Crippen LogP contribution in [0.15, 0.2) is 76.4 Å².